The summed E-state index contributed by atoms with van der Waals surface area (Å²) < 4.78 is 6.63. The number of nitrogen functional groups attached to an aromatic ring is 1. The lowest BCUT2D eigenvalue weighted by molar-refractivity contribution is -0.133. The largest absolute Gasteiger partial charge is 0.462 e. The molecule has 238 valence electrons. The lowest BCUT2D eigenvalue weighted by atomic mass is 9.83. The van der Waals surface area contributed by atoms with Crippen LogP contribution in [-0.2, 0) is 28.8 Å². The number of pyridine rings is 1. The summed E-state index contributed by atoms with van der Waals surface area (Å²) in [6.45, 7) is 6.07. The van der Waals surface area contributed by atoms with E-state index in [2.05, 4.69) is 53.3 Å². The van der Waals surface area contributed by atoms with E-state index in [1.165, 1.54) is 38.7 Å². The number of aromatic nitrogens is 3. The number of hydrogen-bond acceptors (Lipinski definition) is 6. The summed E-state index contributed by atoms with van der Waals surface area (Å²) in [5.41, 5.74) is 15.6. The van der Waals surface area contributed by atoms with Gasteiger partial charge in [-0.05, 0) is 110 Å². The van der Waals surface area contributed by atoms with E-state index in [1.54, 1.807) is 6.92 Å². The number of anilines is 1. The minimum Gasteiger partial charge on any atom is -0.462 e. The minimum absolute atomic E-state index is 0.215. The number of aryl methyl sites for hydroxylation is 2. The van der Waals surface area contributed by atoms with Crippen molar-refractivity contribution in [2.45, 2.75) is 77.0 Å². The molecule has 2 N–H and O–H groups in total. The molecule has 1 amide bonds. The lowest BCUT2D eigenvalue weighted by Crippen LogP contribution is -2.38. The summed E-state index contributed by atoms with van der Waals surface area (Å²) in [4.78, 5) is 32.0. The number of rotatable bonds is 9. The lowest BCUT2D eigenvalue weighted by Gasteiger charge is -2.33. The van der Waals surface area contributed by atoms with Crippen LogP contribution in [0, 0.1) is 5.92 Å². The van der Waals surface area contributed by atoms with Crippen molar-refractivity contribution in [2.75, 3.05) is 25.4 Å². The number of carbonyl (C=O) groups is 2. The molecule has 0 bridgehead atoms. The van der Waals surface area contributed by atoms with Gasteiger partial charge in [-0.3, -0.25) is 4.79 Å². The predicted molar refractivity (Wildman–Crippen MR) is 179 cm³/mol. The Morgan fingerprint density at radius 2 is 1.78 bits per heavy atom. The van der Waals surface area contributed by atoms with Gasteiger partial charge in [0, 0.05) is 24.6 Å². The monoisotopic (exact) mass is 617 g/mol. The van der Waals surface area contributed by atoms with Crippen LogP contribution < -0.4 is 5.73 Å². The second-order valence-electron chi connectivity index (χ2n) is 13.0. The summed E-state index contributed by atoms with van der Waals surface area (Å²) in [7, 11) is 0. The highest BCUT2D eigenvalue weighted by atomic mass is 16.5. The molecule has 8 heteroatoms. The number of ether oxygens (including phenoxy) is 1. The average Bonchev–Trinajstić information content (AvgIpc) is 3.75. The third-order valence-electron chi connectivity index (χ3n) is 10.1. The highest BCUT2D eigenvalue weighted by Gasteiger charge is 2.35. The first kappa shape index (κ1) is 30.2. The van der Waals surface area contributed by atoms with Crippen LogP contribution in [0.2, 0.25) is 0 Å². The van der Waals surface area contributed by atoms with Crippen molar-refractivity contribution in [1.82, 2.24) is 19.7 Å². The first-order valence-corrected chi connectivity index (χ1v) is 17.0. The highest BCUT2D eigenvalue weighted by Crippen LogP contribution is 2.42. The zero-order valence-electron chi connectivity index (χ0n) is 26.9. The number of nitrogens with zero attached hydrogens (tertiary/aromatic N) is 4. The zero-order valence-corrected chi connectivity index (χ0v) is 26.9. The number of likely N-dealkylation sites (tertiary alicyclic amines) is 1. The van der Waals surface area contributed by atoms with Gasteiger partial charge >= 0.3 is 5.97 Å². The number of fused-ring (bicyclic) bond motifs is 1. The van der Waals surface area contributed by atoms with Gasteiger partial charge in [0.05, 0.1) is 18.5 Å². The molecule has 2 fully saturated rings. The number of nitrogens with two attached hydrogens (primary N) is 1. The quantitative estimate of drug-likeness (QED) is 0.211. The van der Waals surface area contributed by atoms with Crippen molar-refractivity contribution in [1.29, 1.82) is 0 Å². The summed E-state index contributed by atoms with van der Waals surface area (Å²) in [6.07, 6.45) is 9.88. The molecule has 0 radical (unpaired) electrons. The minimum atomic E-state index is -0.490. The van der Waals surface area contributed by atoms with E-state index in [0.717, 1.165) is 75.7 Å². The molecule has 1 saturated heterocycles. The summed E-state index contributed by atoms with van der Waals surface area (Å²) >= 11 is 0. The van der Waals surface area contributed by atoms with Crippen LogP contribution in [-0.4, -0.2) is 51.2 Å². The van der Waals surface area contributed by atoms with Crippen LogP contribution >= 0.6 is 0 Å². The van der Waals surface area contributed by atoms with Crippen LogP contribution in [0.25, 0.3) is 17.1 Å². The van der Waals surface area contributed by atoms with Gasteiger partial charge in [0.2, 0.25) is 5.91 Å². The van der Waals surface area contributed by atoms with Gasteiger partial charge in [0.1, 0.15) is 11.4 Å². The first-order chi connectivity index (χ1) is 22.4. The fraction of sp³-hybridized carbons (Fsp3) is 0.421. The van der Waals surface area contributed by atoms with Gasteiger partial charge in [0.25, 0.3) is 0 Å². The molecule has 1 saturated carbocycles. The van der Waals surface area contributed by atoms with Gasteiger partial charge < -0.3 is 15.4 Å². The van der Waals surface area contributed by atoms with Crippen molar-refractivity contribution >= 4 is 17.7 Å². The smallest absolute Gasteiger partial charge is 0.343 e. The Balaban J connectivity index is 1.11. The Hall–Kier alpha value is -4.46. The molecule has 8 nitrogen and oxygen atoms in total. The number of esters is 1. The third-order valence-corrected chi connectivity index (χ3v) is 10.1. The zero-order chi connectivity index (χ0) is 31.8. The maximum absolute atomic E-state index is 12.6. The molecule has 46 heavy (non-hydrogen) atoms. The fourth-order valence-corrected chi connectivity index (χ4v) is 7.59. The maximum Gasteiger partial charge on any atom is 0.343 e. The van der Waals surface area contributed by atoms with Gasteiger partial charge in [-0.2, -0.15) is 9.78 Å². The van der Waals surface area contributed by atoms with Crippen molar-refractivity contribution in [2.24, 2.45) is 5.92 Å². The van der Waals surface area contributed by atoms with Gasteiger partial charge in [-0.15, -0.1) is 0 Å². The SMILES string of the molecule is CCOC(=O)c1cnn(-c2cccc(-c3cccc4c3[C@@H](Cc3ccc(C5CCN(C(=O)C6CC6)CC5)c(CC)c3)CC4)n2)c1N. The number of benzene rings is 2. The molecule has 0 spiro atoms. The second kappa shape index (κ2) is 12.7. The van der Waals surface area contributed by atoms with Crippen LogP contribution in [0.1, 0.15) is 96.0 Å². The van der Waals surface area contributed by atoms with E-state index < -0.39 is 5.97 Å². The van der Waals surface area contributed by atoms with E-state index in [4.69, 9.17) is 15.5 Å². The molecule has 1 atom stereocenters. The Kier molecular flexibility index (Phi) is 8.36. The van der Waals surface area contributed by atoms with Crippen LogP contribution in [0.3, 0.4) is 0 Å². The first-order valence-electron chi connectivity index (χ1n) is 17.0. The van der Waals surface area contributed by atoms with E-state index in [0.29, 0.717) is 29.5 Å². The van der Waals surface area contributed by atoms with Crippen molar-refractivity contribution in [3.8, 4) is 17.1 Å². The fourth-order valence-electron chi connectivity index (χ4n) is 7.59. The molecule has 2 aromatic carbocycles. The molecule has 7 rings (SSSR count). The Morgan fingerprint density at radius 1 is 0.978 bits per heavy atom. The third kappa shape index (κ3) is 5.81. The standard InChI is InChI=1S/C38H43N5O3/c1-3-25-21-24(11-16-30(25)26-17-19-42(20-18-26)37(44)28-13-14-28)22-29-15-12-27-7-5-8-31(35(27)29)33-9-6-10-34(41-33)43-36(39)32(23-40-43)38(45)46-4-2/h5-11,16,21,23,26,28-29H,3-4,12-15,17-20,22,39H2,1-2H3/t29-/m1/s1. The number of hydrogen-bond donors (Lipinski definition) is 1. The molecular weight excluding hydrogens is 574 g/mol. The molecule has 2 aromatic heterocycles. The average molecular weight is 618 g/mol. The normalized spacial score (nSPS) is 18.0. The highest BCUT2D eigenvalue weighted by molar-refractivity contribution is 5.94. The maximum atomic E-state index is 12.6. The molecular formula is C38H43N5O3. The van der Waals surface area contributed by atoms with Crippen LogP contribution in [0.4, 0.5) is 5.82 Å². The van der Waals surface area contributed by atoms with Gasteiger partial charge in [-0.1, -0.05) is 49.4 Å². The van der Waals surface area contributed by atoms with E-state index in [9.17, 15) is 9.59 Å². The molecule has 3 aliphatic rings. The molecule has 1 aliphatic heterocycles. The van der Waals surface area contributed by atoms with Crippen molar-refractivity contribution < 1.29 is 14.3 Å². The molecule has 0 unspecified atom stereocenters. The number of piperidine rings is 1. The van der Waals surface area contributed by atoms with Crippen LogP contribution in [0.5, 0.6) is 0 Å². The van der Waals surface area contributed by atoms with Crippen molar-refractivity contribution in [3.05, 3.63) is 94.2 Å². The topological polar surface area (TPSA) is 103 Å². The predicted octanol–water partition coefficient (Wildman–Crippen LogP) is 6.64. The Bertz CT molecular complexity index is 1770. The number of amides is 1. The van der Waals surface area contributed by atoms with E-state index in [-0.39, 0.29) is 18.0 Å². The molecule has 4 aromatic rings. The van der Waals surface area contributed by atoms with Gasteiger partial charge in [0.15, 0.2) is 5.82 Å². The van der Waals surface area contributed by atoms with E-state index in [1.807, 2.05) is 18.2 Å². The van der Waals surface area contributed by atoms with Gasteiger partial charge in [-0.25, -0.2) is 9.78 Å². The molecule has 3 heterocycles. The van der Waals surface area contributed by atoms with Crippen molar-refractivity contribution in [3.63, 3.8) is 0 Å². The summed E-state index contributed by atoms with van der Waals surface area (Å²) in [6, 6.07) is 19.6. The molecule has 2 aliphatic carbocycles. The van der Waals surface area contributed by atoms with E-state index >= 15 is 0 Å². The summed E-state index contributed by atoms with van der Waals surface area (Å²) in [5.74, 6) is 1.91. The Labute approximate surface area is 271 Å². The summed E-state index contributed by atoms with van der Waals surface area (Å²) in [5, 5.41) is 4.36. The van der Waals surface area contributed by atoms with Crippen LogP contribution in [0.15, 0.2) is 60.8 Å². The second-order valence-corrected chi connectivity index (χ2v) is 13.0. The number of carbonyl (C=O) groups excluding carboxylic acids is 2. The Morgan fingerprint density at radius 3 is 2.54 bits per heavy atom.